The first kappa shape index (κ1) is 24.3. The van der Waals surface area contributed by atoms with E-state index >= 15 is 0 Å². The summed E-state index contributed by atoms with van der Waals surface area (Å²) >= 11 is 0. The van der Waals surface area contributed by atoms with E-state index in [-0.39, 0.29) is 46.3 Å². The lowest BCUT2D eigenvalue weighted by atomic mass is 9.34. The van der Waals surface area contributed by atoms with Gasteiger partial charge in [-0.15, -0.1) is 0 Å². The Morgan fingerprint density at radius 1 is 1.06 bits per heavy atom. The minimum atomic E-state index is -0.548. The van der Waals surface area contributed by atoms with Crippen LogP contribution in [0.5, 0.6) is 0 Å². The van der Waals surface area contributed by atoms with Crippen LogP contribution in [0.1, 0.15) is 99.8 Å². The summed E-state index contributed by atoms with van der Waals surface area (Å²) < 4.78 is 11.6. The summed E-state index contributed by atoms with van der Waals surface area (Å²) in [5.74, 6) is 0.723. The van der Waals surface area contributed by atoms with Crippen LogP contribution in [-0.2, 0) is 19.1 Å². The molecular weight excluding hydrogens is 428 g/mol. The molecule has 0 unspecified atom stereocenters. The highest BCUT2D eigenvalue weighted by molar-refractivity contribution is 5.94. The maximum atomic E-state index is 13.0. The molecule has 4 aliphatic carbocycles. The first-order chi connectivity index (χ1) is 15.8. The minimum Gasteiger partial charge on any atom is -0.462 e. The van der Waals surface area contributed by atoms with E-state index in [2.05, 4.69) is 34.6 Å². The number of cyclic esters (lactones) is 1. The monoisotopic (exact) mass is 472 g/mol. The molecule has 34 heavy (non-hydrogen) atoms. The Morgan fingerprint density at radius 2 is 1.71 bits per heavy atom. The second-order valence-corrected chi connectivity index (χ2v) is 13.2. The average molecular weight is 473 g/mol. The molecule has 0 spiro atoms. The van der Waals surface area contributed by atoms with Crippen LogP contribution in [0.15, 0.2) is 11.1 Å². The largest absolute Gasteiger partial charge is 0.462 e. The molecule has 5 rings (SSSR count). The molecule has 0 aromatic heterocycles. The van der Waals surface area contributed by atoms with Crippen molar-refractivity contribution in [3.63, 3.8) is 0 Å². The van der Waals surface area contributed by atoms with E-state index in [1.54, 1.807) is 0 Å². The quantitative estimate of drug-likeness (QED) is 0.531. The molecule has 5 aliphatic rings. The van der Waals surface area contributed by atoms with Crippen LogP contribution in [-0.4, -0.2) is 35.4 Å². The summed E-state index contributed by atoms with van der Waals surface area (Å²) in [7, 11) is 0. The van der Waals surface area contributed by atoms with Crippen molar-refractivity contribution in [1.29, 1.82) is 0 Å². The Bertz CT molecular complexity index is 939. The summed E-state index contributed by atoms with van der Waals surface area (Å²) in [6.07, 6.45) is 7.01. The lowest BCUT2D eigenvalue weighted by molar-refractivity contribution is -0.239. The molecule has 0 saturated heterocycles. The molecule has 1 heterocycles. The van der Waals surface area contributed by atoms with Gasteiger partial charge in [-0.2, -0.15) is 0 Å². The zero-order valence-electron chi connectivity index (χ0n) is 22.2. The first-order valence-electron chi connectivity index (χ1n) is 13.6. The number of aliphatic hydroxyl groups excluding tert-OH is 1. The average Bonchev–Trinajstić information content (AvgIpc) is 3.06. The zero-order chi connectivity index (χ0) is 24.8. The number of esters is 2. The van der Waals surface area contributed by atoms with E-state index in [1.807, 2.05) is 6.92 Å². The van der Waals surface area contributed by atoms with Crippen molar-refractivity contribution in [2.75, 3.05) is 0 Å². The predicted octanol–water partition coefficient (Wildman–Crippen LogP) is 5.59. The molecule has 0 aromatic carbocycles. The van der Waals surface area contributed by atoms with Gasteiger partial charge in [0.2, 0.25) is 0 Å². The van der Waals surface area contributed by atoms with Crippen LogP contribution in [0.2, 0.25) is 0 Å². The van der Waals surface area contributed by atoms with Crippen molar-refractivity contribution < 1.29 is 24.2 Å². The molecule has 5 nitrogen and oxygen atoms in total. The van der Waals surface area contributed by atoms with Crippen molar-refractivity contribution in [2.24, 2.45) is 39.4 Å². The molecule has 190 valence electrons. The Morgan fingerprint density at radius 3 is 2.35 bits per heavy atom. The fourth-order valence-electron chi connectivity index (χ4n) is 10.4. The molecule has 0 aromatic rings. The van der Waals surface area contributed by atoms with Gasteiger partial charge >= 0.3 is 11.9 Å². The summed E-state index contributed by atoms with van der Waals surface area (Å²) in [6.45, 7) is 15.2. The molecule has 3 fully saturated rings. The lowest BCUT2D eigenvalue weighted by Crippen LogP contribution is -2.67. The predicted molar refractivity (Wildman–Crippen MR) is 130 cm³/mol. The topological polar surface area (TPSA) is 72.8 Å². The Labute approximate surface area is 205 Å². The van der Waals surface area contributed by atoms with Gasteiger partial charge in [-0.05, 0) is 92.4 Å². The molecule has 0 bridgehead atoms. The maximum absolute atomic E-state index is 13.0. The smallest absolute Gasteiger partial charge is 0.335 e. The SMILES string of the molecule is CC[C@]1(C)[C@@H]2CC[C@]3(C)[C@H](C[C@H](O)[C@]4(C)C5=C(CC[C@@H]34)[C@H](C)OC5=O)[C@@]2(C)CC[C@H]1OC(C)=O. The van der Waals surface area contributed by atoms with Crippen molar-refractivity contribution in [3.8, 4) is 0 Å². The van der Waals surface area contributed by atoms with Gasteiger partial charge in [0.05, 0.1) is 6.10 Å². The number of carbonyl (C=O) groups excluding carboxylic acids is 2. The third-order valence-corrected chi connectivity index (χ3v) is 12.1. The van der Waals surface area contributed by atoms with Crippen LogP contribution >= 0.6 is 0 Å². The highest BCUT2D eigenvalue weighted by atomic mass is 16.6. The maximum Gasteiger partial charge on any atom is 0.335 e. The highest BCUT2D eigenvalue weighted by Crippen LogP contribution is 2.74. The summed E-state index contributed by atoms with van der Waals surface area (Å²) in [4.78, 5) is 24.9. The van der Waals surface area contributed by atoms with E-state index in [1.165, 1.54) is 6.92 Å². The van der Waals surface area contributed by atoms with E-state index in [0.717, 1.165) is 62.5 Å². The molecule has 1 aliphatic heterocycles. The van der Waals surface area contributed by atoms with Crippen LogP contribution in [0.4, 0.5) is 0 Å². The number of fused-ring (bicyclic) bond motifs is 6. The summed E-state index contributed by atoms with van der Waals surface area (Å²) in [6, 6.07) is 0. The van der Waals surface area contributed by atoms with E-state index in [4.69, 9.17) is 9.47 Å². The number of rotatable bonds is 2. The standard InChI is InChI=1S/C29H44O5/c1-8-26(4)19-11-13-28(6)20-10-9-18-16(2)33-25(32)24(18)29(20,7)22(31)15-21(28)27(19,5)14-12-23(26)34-17(3)30/h16,19-23,31H,8-15H2,1-7H3/t16-,19-,20-,21+,22-,23+,26+,27-,28-,29+/m0/s1. The lowest BCUT2D eigenvalue weighted by Gasteiger charge is -2.70. The number of ether oxygens (including phenoxy) is 2. The minimum absolute atomic E-state index is 0.0339. The van der Waals surface area contributed by atoms with Gasteiger partial charge in [0.15, 0.2) is 0 Å². The summed E-state index contributed by atoms with van der Waals surface area (Å²) in [5.41, 5.74) is 1.48. The fourth-order valence-corrected chi connectivity index (χ4v) is 10.4. The van der Waals surface area contributed by atoms with Gasteiger partial charge in [0.25, 0.3) is 0 Å². The van der Waals surface area contributed by atoms with Crippen molar-refractivity contribution in [1.82, 2.24) is 0 Å². The normalized spacial score (nSPS) is 52.2. The molecule has 10 atom stereocenters. The van der Waals surface area contributed by atoms with E-state index in [9.17, 15) is 14.7 Å². The fraction of sp³-hybridized carbons (Fsp3) is 0.862. The second kappa shape index (κ2) is 7.57. The molecule has 3 saturated carbocycles. The zero-order valence-corrected chi connectivity index (χ0v) is 22.2. The Kier molecular flexibility index (Phi) is 5.42. The van der Waals surface area contributed by atoms with Gasteiger partial charge in [0.1, 0.15) is 12.2 Å². The van der Waals surface area contributed by atoms with Gasteiger partial charge in [-0.1, -0.05) is 34.6 Å². The molecule has 0 amide bonds. The Hall–Kier alpha value is -1.36. The highest BCUT2D eigenvalue weighted by Gasteiger charge is 2.70. The molecule has 5 heteroatoms. The van der Waals surface area contributed by atoms with Crippen LogP contribution in [0, 0.1) is 39.4 Å². The van der Waals surface area contributed by atoms with Gasteiger partial charge in [-0.3, -0.25) is 4.79 Å². The van der Waals surface area contributed by atoms with Gasteiger partial charge < -0.3 is 14.6 Å². The summed E-state index contributed by atoms with van der Waals surface area (Å²) in [5, 5.41) is 11.8. The van der Waals surface area contributed by atoms with E-state index < -0.39 is 11.5 Å². The van der Waals surface area contributed by atoms with Crippen LogP contribution in [0.3, 0.4) is 0 Å². The first-order valence-corrected chi connectivity index (χ1v) is 13.6. The number of hydrogen-bond donors (Lipinski definition) is 1. The number of hydrogen-bond acceptors (Lipinski definition) is 5. The van der Waals surface area contributed by atoms with Crippen molar-refractivity contribution >= 4 is 11.9 Å². The number of aliphatic hydroxyl groups is 1. The van der Waals surface area contributed by atoms with Crippen LogP contribution < -0.4 is 0 Å². The third kappa shape index (κ3) is 2.88. The third-order valence-electron chi connectivity index (χ3n) is 12.1. The van der Waals surface area contributed by atoms with E-state index in [0.29, 0.717) is 11.8 Å². The van der Waals surface area contributed by atoms with Crippen LogP contribution in [0.25, 0.3) is 0 Å². The van der Waals surface area contributed by atoms with Crippen molar-refractivity contribution in [2.45, 2.75) is 118 Å². The molecule has 0 radical (unpaired) electrons. The molecule has 1 N–H and O–H groups in total. The van der Waals surface area contributed by atoms with Crippen molar-refractivity contribution in [3.05, 3.63) is 11.1 Å². The van der Waals surface area contributed by atoms with Gasteiger partial charge in [0, 0.05) is 23.3 Å². The molecular formula is C29H44O5. The second-order valence-electron chi connectivity index (χ2n) is 13.2. The Balaban J connectivity index is 1.55. The van der Waals surface area contributed by atoms with Gasteiger partial charge in [-0.25, -0.2) is 4.79 Å². The number of carbonyl (C=O) groups is 2.